The Kier molecular flexibility index (Phi) is 4.17. The summed E-state index contributed by atoms with van der Waals surface area (Å²) < 4.78 is 5.35. The van der Waals surface area contributed by atoms with Gasteiger partial charge >= 0.3 is 6.01 Å². The molecule has 1 aliphatic rings. The SMILES string of the molecule is CCNc1nc(NC(C)C2CC2)nc(OCC)n1. The summed E-state index contributed by atoms with van der Waals surface area (Å²) in [6.07, 6.45) is 2.58. The Morgan fingerprint density at radius 3 is 2.56 bits per heavy atom. The number of anilines is 2. The van der Waals surface area contributed by atoms with Gasteiger partial charge in [-0.1, -0.05) is 0 Å². The lowest BCUT2D eigenvalue weighted by Crippen LogP contribution is -2.20. The fraction of sp³-hybridized carbons (Fsp3) is 0.750. The highest BCUT2D eigenvalue weighted by molar-refractivity contribution is 5.36. The smallest absolute Gasteiger partial charge is 0.323 e. The van der Waals surface area contributed by atoms with Crippen LogP contribution < -0.4 is 15.4 Å². The molecular formula is C12H21N5O. The summed E-state index contributed by atoms with van der Waals surface area (Å²) in [6.45, 7) is 7.40. The molecule has 1 unspecified atom stereocenters. The van der Waals surface area contributed by atoms with Crippen LogP contribution in [-0.2, 0) is 0 Å². The van der Waals surface area contributed by atoms with Crippen molar-refractivity contribution in [1.29, 1.82) is 0 Å². The fourth-order valence-electron chi connectivity index (χ4n) is 1.77. The highest BCUT2D eigenvalue weighted by atomic mass is 16.5. The minimum atomic E-state index is 0.369. The Balaban J connectivity index is 2.10. The van der Waals surface area contributed by atoms with Crippen molar-refractivity contribution in [3.8, 4) is 6.01 Å². The summed E-state index contributed by atoms with van der Waals surface area (Å²) in [7, 11) is 0. The maximum atomic E-state index is 5.35. The minimum Gasteiger partial charge on any atom is -0.464 e. The molecule has 1 saturated carbocycles. The average molecular weight is 251 g/mol. The summed E-state index contributed by atoms with van der Waals surface area (Å²) in [5, 5.41) is 6.40. The third-order valence-electron chi connectivity index (χ3n) is 2.91. The number of hydrogen-bond donors (Lipinski definition) is 2. The summed E-state index contributed by atoms with van der Waals surface area (Å²) in [5.74, 6) is 1.89. The van der Waals surface area contributed by atoms with Gasteiger partial charge in [-0.05, 0) is 39.5 Å². The van der Waals surface area contributed by atoms with E-state index in [9.17, 15) is 0 Å². The molecule has 1 aromatic rings. The van der Waals surface area contributed by atoms with E-state index in [1.54, 1.807) is 0 Å². The Labute approximate surface area is 108 Å². The molecule has 6 heteroatoms. The molecule has 0 spiro atoms. The average Bonchev–Trinajstić information content (AvgIpc) is 3.13. The van der Waals surface area contributed by atoms with Crippen molar-refractivity contribution >= 4 is 11.9 Å². The quantitative estimate of drug-likeness (QED) is 0.771. The summed E-state index contributed by atoms with van der Waals surface area (Å²) in [5.41, 5.74) is 0. The van der Waals surface area contributed by atoms with Crippen LogP contribution in [0, 0.1) is 5.92 Å². The lowest BCUT2D eigenvalue weighted by molar-refractivity contribution is 0.312. The highest BCUT2D eigenvalue weighted by Crippen LogP contribution is 2.33. The summed E-state index contributed by atoms with van der Waals surface area (Å²) >= 11 is 0. The number of rotatable bonds is 7. The van der Waals surface area contributed by atoms with Crippen LogP contribution in [0.1, 0.15) is 33.6 Å². The molecule has 2 rings (SSSR count). The van der Waals surface area contributed by atoms with E-state index in [-0.39, 0.29) is 0 Å². The minimum absolute atomic E-state index is 0.369. The zero-order valence-electron chi connectivity index (χ0n) is 11.2. The van der Waals surface area contributed by atoms with Gasteiger partial charge in [0.1, 0.15) is 0 Å². The maximum absolute atomic E-state index is 5.35. The Hall–Kier alpha value is -1.59. The first kappa shape index (κ1) is 12.9. The largest absolute Gasteiger partial charge is 0.464 e. The van der Waals surface area contributed by atoms with Crippen molar-refractivity contribution in [3.63, 3.8) is 0 Å². The van der Waals surface area contributed by atoms with Crippen molar-refractivity contribution in [2.45, 2.75) is 39.7 Å². The first-order valence-corrected chi connectivity index (χ1v) is 6.62. The first-order chi connectivity index (χ1) is 8.72. The molecular weight excluding hydrogens is 230 g/mol. The van der Waals surface area contributed by atoms with Gasteiger partial charge in [-0.2, -0.15) is 15.0 Å². The number of aromatic nitrogens is 3. The van der Waals surface area contributed by atoms with Gasteiger partial charge in [0, 0.05) is 12.6 Å². The van der Waals surface area contributed by atoms with E-state index in [0.29, 0.717) is 30.6 Å². The Morgan fingerprint density at radius 2 is 1.94 bits per heavy atom. The molecule has 0 amide bonds. The monoisotopic (exact) mass is 251 g/mol. The molecule has 18 heavy (non-hydrogen) atoms. The second-order valence-corrected chi connectivity index (χ2v) is 4.50. The van der Waals surface area contributed by atoms with Crippen LogP contribution in [0.4, 0.5) is 11.9 Å². The first-order valence-electron chi connectivity index (χ1n) is 6.62. The predicted octanol–water partition coefficient (Wildman–Crippen LogP) is 1.91. The van der Waals surface area contributed by atoms with Crippen LogP contribution in [0.3, 0.4) is 0 Å². The van der Waals surface area contributed by atoms with Gasteiger partial charge in [0.15, 0.2) is 0 Å². The van der Waals surface area contributed by atoms with E-state index in [1.807, 2.05) is 13.8 Å². The third kappa shape index (κ3) is 3.45. The van der Waals surface area contributed by atoms with E-state index in [4.69, 9.17) is 4.74 Å². The molecule has 1 heterocycles. The molecule has 1 aliphatic carbocycles. The molecule has 2 N–H and O–H groups in total. The van der Waals surface area contributed by atoms with Crippen molar-refractivity contribution < 1.29 is 4.74 Å². The van der Waals surface area contributed by atoms with Gasteiger partial charge in [-0.25, -0.2) is 0 Å². The van der Waals surface area contributed by atoms with Crippen molar-refractivity contribution in [2.75, 3.05) is 23.8 Å². The molecule has 1 aromatic heterocycles. The number of nitrogens with zero attached hydrogens (tertiary/aromatic N) is 3. The lowest BCUT2D eigenvalue weighted by atomic mass is 10.2. The van der Waals surface area contributed by atoms with Crippen molar-refractivity contribution in [2.24, 2.45) is 5.92 Å². The Bertz CT molecular complexity index is 370. The topological polar surface area (TPSA) is 72.0 Å². The molecule has 0 radical (unpaired) electrons. The molecule has 0 saturated heterocycles. The van der Waals surface area contributed by atoms with Crippen LogP contribution in [0.5, 0.6) is 6.01 Å². The second kappa shape index (κ2) is 5.84. The van der Waals surface area contributed by atoms with Gasteiger partial charge in [0.25, 0.3) is 0 Å². The molecule has 1 fully saturated rings. The van der Waals surface area contributed by atoms with E-state index in [2.05, 4.69) is 32.5 Å². The lowest BCUT2D eigenvalue weighted by Gasteiger charge is -2.14. The zero-order valence-corrected chi connectivity index (χ0v) is 11.2. The molecule has 100 valence electrons. The van der Waals surface area contributed by atoms with Gasteiger partial charge in [-0.15, -0.1) is 0 Å². The van der Waals surface area contributed by atoms with Crippen LogP contribution in [0.2, 0.25) is 0 Å². The maximum Gasteiger partial charge on any atom is 0.323 e. The number of hydrogen-bond acceptors (Lipinski definition) is 6. The van der Waals surface area contributed by atoms with Gasteiger partial charge in [-0.3, -0.25) is 0 Å². The van der Waals surface area contributed by atoms with E-state index >= 15 is 0 Å². The van der Waals surface area contributed by atoms with Crippen LogP contribution >= 0.6 is 0 Å². The van der Waals surface area contributed by atoms with Crippen LogP contribution in [0.25, 0.3) is 0 Å². The molecule has 0 aromatic carbocycles. The van der Waals surface area contributed by atoms with E-state index in [1.165, 1.54) is 12.8 Å². The molecule has 6 nitrogen and oxygen atoms in total. The van der Waals surface area contributed by atoms with Gasteiger partial charge < -0.3 is 15.4 Å². The van der Waals surface area contributed by atoms with Gasteiger partial charge in [0.05, 0.1) is 6.61 Å². The van der Waals surface area contributed by atoms with Crippen molar-refractivity contribution in [1.82, 2.24) is 15.0 Å². The normalized spacial score (nSPS) is 16.2. The molecule has 1 atom stereocenters. The summed E-state index contributed by atoms with van der Waals surface area (Å²) in [4.78, 5) is 12.8. The van der Waals surface area contributed by atoms with Crippen LogP contribution in [0.15, 0.2) is 0 Å². The number of ether oxygens (including phenoxy) is 1. The van der Waals surface area contributed by atoms with E-state index in [0.717, 1.165) is 12.5 Å². The standard InChI is InChI=1S/C12H21N5O/c1-4-13-10-15-11(14-8(3)9-6-7-9)17-12(16-10)18-5-2/h8-9H,4-7H2,1-3H3,(H2,13,14,15,16,17). The highest BCUT2D eigenvalue weighted by Gasteiger charge is 2.28. The zero-order chi connectivity index (χ0) is 13.0. The Morgan fingerprint density at radius 1 is 1.22 bits per heavy atom. The van der Waals surface area contributed by atoms with Crippen LogP contribution in [-0.4, -0.2) is 34.1 Å². The second-order valence-electron chi connectivity index (χ2n) is 4.50. The number of nitrogens with one attached hydrogen (secondary N) is 2. The van der Waals surface area contributed by atoms with Gasteiger partial charge in [0.2, 0.25) is 11.9 Å². The van der Waals surface area contributed by atoms with Crippen molar-refractivity contribution in [3.05, 3.63) is 0 Å². The summed E-state index contributed by atoms with van der Waals surface area (Å²) in [6, 6.07) is 0.769. The molecule has 0 bridgehead atoms. The fourth-order valence-corrected chi connectivity index (χ4v) is 1.77. The van der Waals surface area contributed by atoms with E-state index < -0.39 is 0 Å². The molecule has 0 aliphatic heterocycles. The third-order valence-corrected chi connectivity index (χ3v) is 2.91. The predicted molar refractivity (Wildman–Crippen MR) is 71.0 cm³/mol.